The summed E-state index contributed by atoms with van der Waals surface area (Å²) in [5.41, 5.74) is 0.694. The molecule has 1 unspecified atom stereocenters. The highest BCUT2D eigenvalue weighted by Crippen LogP contribution is 2.39. The second kappa shape index (κ2) is 5.27. The largest absolute Gasteiger partial charge is 0.490 e. The first-order chi connectivity index (χ1) is 9.25. The van der Waals surface area contributed by atoms with E-state index in [1.165, 1.54) is 6.26 Å². The van der Waals surface area contributed by atoms with Gasteiger partial charge in [0.15, 0.2) is 11.5 Å². The molecule has 0 saturated heterocycles. The van der Waals surface area contributed by atoms with Gasteiger partial charge in [-0.1, -0.05) is 15.9 Å². The lowest BCUT2D eigenvalue weighted by Crippen LogP contribution is -2.01. The van der Waals surface area contributed by atoms with Crippen LogP contribution in [0.2, 0.25) is 0 Å². The zero-order valence-corrected chi connectivity index (χ0v) is 11.7. The number of ether oxygens (including phenoxy) is 2. The minimum Gasteiger partial charge on any atom is -0.490 e. The molecule has 0 bridgehead atoms. The number of hydrogen-bond acceptors (Lipinski definition) is 4. The molecule has 0 radical (unpaired) electrons. The molecule has 1 aromatic carbocycles. The van der Waals surface area contributed by atoms with Gasteiger partial charge >= 0.3 is 0 Å². The topological polar surface area (TPSA) is 51.8 Å². The van der Waals surface area contributed by atoms with Crippen LogP contribution in [0.15, 0.2) is 39.4 Å². The van der Waals surface area contributed by atoms with Crippen molar-refractivity contribution in [2.24, 2.45) is 0 Å². The van der Waals surface area contributed by atoms with Crippen LogP contribution in [0.1, 0.15) is 23.8 Å². The molecule has 5 heteroatoms. The molecule has 0 fully saturated rings. The van der Waals surface area contributed by atoms with Crippen LogP contribution in [0.25, 0.3) is 0 Å². The third-order valence-electron chi connectivity index (χ3n) is 2.97. The van der Waals surface area contributed by atoms with Gasteiger partial charge in [0.1, 0.15) is 11.9 Å². The number of aliphatic hydroxyl groups is 1. The molecule has 1 atom stereocenters. The average Bonchev–Trinajstić information content (AvgIpc) is 2.84. The fraction of sp³-hybridized carbons (Fsp3) is 0.286. The molecule has 19 heavy (non-hydrogen) atoms. The molecule has 3 rings (SSSR count). The molecule has 2 heterocycles. The zero-order valence-electron chi connectivity index (χ0n) is 10.1. The van der Waals surface area contributed by atoms with Crippen LogP contribution in [0.3, 0.4) is 0 Å². The van der Waals surface area contributed by atoms with Gasteiger partial charge in [-0.15, -0.1) is 0 Å². The van der Waals surface area contributed by atoms with Gasteiger partial charge in [0, 0.05) is 16.5 Å². The third kappa shape index (κ3) is 2.48. The van der Waals surface area contributed by atoms with Crippen LogP contribution in [-0.2, 0) is 0 Å². The summed E-state index contributed by atoms with van der Waals surface area (Å²) in [5, 5.41) is 10.3. The molecule has 1 N–H and O–H groups in total. The van der Waals surface area contributed by atoms with E-state index in [4.69, 9.17) is 13.9 Å². The van der Waals surface area contributed by atoms with E-state index in [0.717, 1.165) is 10.9 Å². The minimum atomic E-state index is -0.832. The summed E-state index contributed by atoms with van der Waals surface area (Å²) in [4.78, 5) is 0. The summed E-state index contributed by atoms with van der Waals surface area (Å²) in [6, 6.07) is 7.09. The smallest absolute Gasteiger partial charge is 0.162 e. The van der Waals surface area contributed by atoms with Crippen molar-refractivity contribution in [3.05, 3.63) is 46.3 Å². The van der Waals surface area contributed by atoms with E-state index < -0.39 is 6.10 Å². The van der Waals surface area contributed by atoms with Gasteiger partial charge in [-0.3, -0.25) is 0 Å². The van der Waals surface area contributed by atoms with E-state index >= 15 is 0 Å². The molecule has 2 aromatic rings. The van der Waals surface area contributed by atoms with E-state index in [1.807, 2.05) is 6.07 Å². The van der Waals surface area contributed by atoms with Crippen molar-refractivity contribution in [3.8, 4) is 11.5 Å². The SMILES string of the molecule is OC(c1ccco1)c1cc2c(cc1Br)OCCCO2. The maximum absolute atomic E-state index is 10.3. The maximum Gasteiger partial charge on any atom is 0.162 e. The van der Waals surface area contributed by atoms with Gasteiger partial charge in [-0.25, -0.2) is 0 Å². The lowest BCUT2D eigenvalue weighted by atomic mass is 10.1. The molecule has 0 saturated carbocycles. The number of hydrogen-bond donors (Lipinski definition) is 1. The minimum absolute atomic E-state index is 0.496. The zero-order chi connectivity index (χ0) is 13.2. The van der Waals surface area contributed by atoms with Crippen LogP contribution >= 0.6 is 15.9 Å². The fourth-order valence-electron chi connectivity index (χ4n) is 2.01. The molecule has 100 valence electrons. The summed E-state index contributed by atoms with van der Waals surface area (Å²) in [6.45, 7) is 1.25. The molecule has 4 nitrogen and oxygen atoms in total. The lowest BCUT2D eigenvalue weighted by Gasteiger charge is -2.14. The van der Waals surface area contributed by atoms with Gasteiger partial charge in [0.05, 0.1) is 19.5 Å². The Balaban J connectivity index is 2.00. The Bertz CT molecular complexity index is 565. The van der Waals surface area contributed by atoms with Gasteiger partial charge < -0.3 is 19.0 Å². The van der Waals surface area contributed by atoms with Crippen molar-refractivity contribution >= 4 is 15.9 Å². The quantitative estimate of drug-likeness (QED) is 0.921. The Hall–Kier alpha value is -1.46. The maximum atomic E-state index is 10.3. The normalized spacial score (nSPS) is 15.9. The van der Waals surface area contributed by atoms with Gasteiger partial charge in [-0.2, -0.15) is 0 Å². The Morgan fingerprint density at radius 3 is 2.58 bits per heavy atom. The van der Waals surface area contributed by atoms with Crippen molar-refractivity contribution < 1.29 is 19.0 Å². The van der Waals surface area contributed by atoms with Crippen LogP contribution in [0, 0.1) is 0 Å². The van der Waals surface area contributed by atoms with Crippen LogP contribution in [0.5, 0.6) is 11.5 Å². The van der Waals surface area contributed by atoms with Crippen LogP contribution < -0.4 is 9.47 Å². The Morgan fingerprint density at radius 2 is 1.89 bits per heavy atom. The first-order valence-electron chi connectivity index (χ1n) is 6.06. The second-order valence-electron chi connectivity index (χ2n) is 4.29. The first-order valence-corrected chi connectivity index (χ1v) is 6.85. The molecule has 0 aliphatic carbocycles. The van der Waals surface area contributed by atoms with E-state index in [0.29, 0.717) is 36.0 Å². The average molecular weight is 325 g/mol. The van der Waals surface area contributed by atoms with Gasteiger partial charge in [0.2, 0.25) is 0 Å². The predicted molar refractivity (Wildman–Crippen MR) is 72.5 cm³/mol. The molecule has 1 aliphatic heterocycles. The van der Waals surface area contributed by atoms with E-state index in [1.54, 1.807) is 18.2 Å². The van der Waals surface area contributed by atoms with Crippen LogP contribution in [0.4, 0.5) is 0 Å². The number of benzene rings is 1. The van der Waals surface area contributed by atoms with Crippen LogP contribution in [-0.4, -0.2) is 18.3 Å². The van der Waals surface area contributed by atoms with Crippen molar-refractivity contribution in [2.45, 2.75) is 12.5 Å². The number of furan rings is 1. The number of fused-ring (bicyclic) bond motifs is 1. The van der Waals surface area contributed by atoms with Crippen molar-refractivity contribution in [3.63, 3.8) is 0 Å². The monoisotopic (exact) mass is 324 g/mol. The highest BCUT2D eigenvalue weighted by Gasteiger charge is 2.21. The highest BCUT2D eigenvalue weighted by atomic mass is 79.9. The van der Waals surface area contributed by atoms with Crippen molar-refractivity contribution in [1.82, 2.24) is 0 Å². The molecule has 0 spiro atoms. The summed E-state index contributed by atoms with van der Waals surface area (Å²) in [7, 11) is 0. The van der Waals surface area contributed by atoms with Gasteiger partial charge in [0.25, 0.3) is 0 Å². The number of aliphatic hydroxyl groups excluding tert-OH is 1. The van der Waals surface area contributed by atoms with E-state index in [9.17, 15) is 5.11 Å². The summed E-state index contributed by atoms with van der Waals surface area (Å²) >= 11 is 3.45. The molecule has 1 aromatic heterocycles. The Labute approximate surface area is 119 Å². The summed E-state index contributed by atoms with van der Waals surface area (Å²) in [5.74, 6) is 1.84. The Morgan fingerprint density at radius 1 is 1.16 bits per heavy atom. The predicted octanol–water partition coefficient (Wildman–Crippen LogP) is 3.29. The van der Waals surface area contributed by atoms with E-state index in [2.05, 4.69) is 15.9 Å². The van der Waals surface area contributed by atoms with E-state index in [-0.39, 0.29) is 0 Å². The molecule has 0 amide bonds. The second-order valence-corrected chi connectivity index (χ2v) is 5.14. The summed E-state index contributed by atoms with van der Waals surface area (Å²) in [6.07, 6.45) is 1.55. The van der Waals surface area contributed by atoms with Crippen molar-refractivity contribution in [1.29, 1.82) is 0 Å². The third-order valence-corrected chi connectivity index (χ3v) is 3.66. The van der Waals surface area contributed by atoms with Crippen molar-refractivity contribution in [2.75, 3.05) is 13.2 Å². The molecular formula is C14H13BrO4. The van der Waals surface area contributed by atoms with Gasteiger partial charge in [-0.05, 0) is 24.3 Å². The lowest BCUT2D eigenvalue weighted by molar-refractivity contribution is 0.188. The number of rotatable bonds is 2. The molecule has 1 aliphatic rings. The fourth-order valence-corrected chi connectivity index (χ4v) is 2.55. The summed E-state index contributed by atoms with van der Waals surface area (Å²) < 4.78 is 17.2. The first kappa shape index (κ1) is 12.6. The Kier molecular flexibility index (Phi) is 3.48. The standard InChI is InChI=1S/C14H13BrO4/c15-10-8-13-12(18-5-2-6-19-13)7-9(10)14(16)11-3-1-4-17-11/h1,3-4,7-8,14,16H,2,5-6H2. The highest BCUT2D eigenvalue weighted by molar-refractivity contribution is 9.10. The molecular weight excluding hydrogens is 312 g/mol. The number of halogens is 1.